The van der Waals surface area contributed by atoms with Gasteiger partial charge in [-0.2, -0.15) is 0 Å². The van der Waals surface area contributed by atoms with Crippen LogP contribution in [0, 0.1) is 0 Å². The van der Waals surface area contributed by atoms with Crippen molar-refractivity contribution in [2.75, 3.05) is 0 Å². The van der Waals surface area contributed by atoms with Crippen molar-refractivity contribution < 1.29 is 5.11 Å². The normalized spacial score (nSPS) is 14.4. The summed E-state index contributed by atoms with van der Waals surface area (Å²) < 4.78 is 0. The number of aliphatic hydroxyl groups is 1. The molecule has 0 amide bonds. The molecule has 82 valence electrons. The average molecular weight is 235 g/mol. The van der Waals surface area contributed by atoms with Gasteiger partial charge < -0.3 is 5.11 Å². The lowest BCUT2D eigenvalue weighted by Gasteiger charge is -2.24. The van der Waals surface area contributed by atoms with Gasteiger partial charge in [0.05, 0.1) is 0 Å². The van der Waals surface area contributed by atoms with E-state index >= 15 is 0 Å². The molecule has 0 aliphatic rings. The van der Waals surface area contributed by atoms with Crippen molar-refractivity contribution in [2.24, 2.45) is 0 Å². The van der Waals surface area contributed by atoms with E-state index in [4.69, 9.17) is 11.6 Å². The molecule has 0 fully saturated rings. The maximum absolute atomic E-state index is 10.5. The number of nitrogens with zero attached hydrogens (tertiary/aromatic N) is 2. The predicted molar refractivity (Wildman–Crippen MR) is 62.2 cm³/mol. The summed E-state index contributed by atoms with van der Waals surface area (Å²) in [6.45, 7) is 1.67. The number of hydrogen-bond acceptors (Lipinski definition) is 3. The fraction of sp³-hybridized carbons (Fsp3) is 0.167. The van der Waals surface area contributed by atoms with Gasteiger partial charge in [-0.05, 0) is 13.0 Å². The molecule has 1 N–H and O–H groups in total. The molecule has 0 bridgehead atoms. The second-order valence-electron chi connectivity index (χ2n) is 3.68. The SMILES string of the molecule is CC(O)(c1cncnc1)c1ccccc1Cl. The van der Waals surface area contributed by atoms with E-state index in [-0.39, 0.29) is 0 Å². The van der Waals surface area contributed by atoms with Crippen LogP contribution in [0.1, 0.15) is 18.1 Å². The highest BCUT2D eigenvalue weighted by atomic mass is 35.5. The molecule has 0 saturated carbocycles. The number of hydrogen-bond donors (Lipinski definition) is 1. The van der Waals surface area contributed by atoms with Crippen LogP contribution < -0.4 is 0 Å². The van der Waals surface area contributed by atoms with Gasteiger partial charge in [0.15, 0.2) is 0 Å². The van der Waals surface area contributed by atoms with Gasteiger partial charge in [0.2, 0.25) is 0 Å². The van der Waals surface area contributed by atoms with E-state index < -0.39 is 5.60 Å². The van der Waals surface area contributed by atoms with Gasteiger partial charge in [-0.25, -0.2) is 9.97 Å². The first-order valence-electron chi connectivity index (χ1n) is 4.85. The molecule has 4 heteroatoms. The summed E-state index contributed by atoms with van der Waals surface area (Å²) in [6, 6.07) is 7.19. The largest absolute Gasteiger partial charge is 0.381 e. The smallest absolute Gasteiger partial charge is 0.116 e. The van der Waals surface area contributed by atoms with Crippen molar-refractivity contribution in [2.45, 2.75) is 12.5 Å². The summed E-state index contributed by atoms with van der Waals surface area (Å²) in [5, 5.41) is 11.0. The van der Waals surface area contributed by atoms with E-state index in [2.05, 4.69) is 9.97 Å². The minimum Gasteiger partial charge on any atom is -0.381 e. The Balaban J connectivity index is 2.51. The summed E-state index contributed by atoms with van der Waals surface area (Å²) in [4.78, 5) is 7.78. The Kier molecular flexibility index (Phi) is 2.90. The monoisotopic (exact) mass is 234 g/mol. The van der Waals surface area contributed by atoms with E-state index in [0.29, 0.717) is 16.1 Å². The van der Waals surface area contributed by atoms with Crippen LogP contribution in [0.3, 0.4) is 0 Å². The highest BCUT2D eigenvalue weighted by molar-refractivity contribution is 6.31. The van der Waals surface area contributed by atoms with Crippen LogP contribution >= 0.6 is 11.6 Å². The second kappa shape index (κ2) is 4.20. The van der Waals surface area contributed by atoms with E-state index in [9.17, 15) is 5.11 Å². The van der Waals surface area contributed by atoms with E-state index in [1.165, 1.54) is 6.33 Å². The molecule has 0 saturated heterocycles. The molecule has 0 spiro atoms. The predicted octanol–water partition coefficient (Wildman–Crippen LogP) is 2.39. The lowest BCUT2D eigenvalue weighted by atomic mass is 9.90. The van der Waals surface area contributed by atoms with Gasteiger partial charge >= 0.3 is 0 Å². The highest BCUT2D eigenvalue weighted by Crippen LogP contribution is 2.32. The molecule has 1 aromatic heterocycles. The molecule has 2 rings (SSSR count). The van der Waals surface area contributed by atoms with Crippen LogP contribution in [0.5, 0.6) is 0 Å². The molecular formula is C12H11ClN2O. The molecule has 0 radical (unpaired) electrons. The van der Waals surface area contributed by atoms with Crippen molar-refractivity contribution in [1.82, 2.24) is 9.97 Å². The summed E-state index contributed by atoms with van der Waals surface area (Å²) in [7, 11) is 0. The van der Waals surface area contributed by atoms with Crippen molar-refractivity contribution in [3.05, 3.63) is 59.1 Å². The lowest BCUT2D eigenvalue weighted by molar-refractivity contribution is 0.101. The van der Waals surface area contributed by atoms with E-state index in [0.717, 1.165) is 0 Å². The van der Waals surface area contributed by atoms with Crippen LogP contribution in [0.2, 0.25) is 5.02 Å². The summed E-state index contributed by atoms with van der Waals surface area (Å²) >= 11 is 6.06. The Hall–Kier alpha value is -1.45. The van der Waals surface area contributed by atoms with Crippen LogP contribution in [0.4, 0.5) is 0 Å². The van der Waals surface area contributed by atoms with Gasteiger partial charge in [-0.3, -0.25) is 0 Å². The molecule has 3 nitrogen and oxygen atoms in total. The van der Waals surface area contributed by atoms with E-state index in [1.807, 2.05) is 12.1 Å². The highest BCUT2D eigenvalue weighted by Gasteiger charge is 2.28. The Bertz CT molecular complexity index is 485. The molecule has 2 aromatic rings. The second-order valence-corrected chi connectivity index (χ2v) is 4.09. The number of rotatable bonds is 2. The standard InChI is InChI=1S/C12H11ClN2O/c1-12(16,9-6-14-8-15-7-9)10-4-2-3-5-11(10)13/h2-8,16H,1H3. The first-order valence-corrected chi connectivity index (χ1v) is 5.23. The molecule has 1 unspecified atom stereocenters. The number of aromatic nitrogens is 2. The molecule has 0 aliphatic carbocycles. The van der Waals surface area contributed by atoms with Crippen LogP contribution in [0.25, 0.3) is 0 Å². The molecule has 1 heterocycles. The Morgan fingerprint density at radius 2 is 1.81 bits per heavy atom. The topological polar surface area (TPSA) is 46.0 Å². The van der Waals surface area contributed by atoms with Gasteiger partial charge in [-0.1, -0.05) is 29.8 Å². The van der Waals surface area contributed by atoms with Crippen molar-refractivity contribution in [3.63, 3.8) is 0 Å². The minimum absolute atomic E-state index is 0.524. The van der Waals surface area contributed by atoms with Crippen molar-refractivity contribution in [1.29, 1.82) is 0 Å². The molecular weight excluding hydrogens is 224 g/mol. The third-order valence-corrected chi connectivity index (χ3v) is 2.85. The maximum atomic E-state index is 10.5. The summed E-state index contributed by atoms with van der Waals surface area (Å²) in [6.07, 6.45) is 4.58. The van der Waals surface area contributed by atoms with Crippen LogP contribution in [0.15, 0.2) is 43.0 Å². The third-order valence-electron chi connectivity index (χ3n) is 2.52. The number of halogens is 1. The fourth-order valence-corrected chi connectivity index (χ4v) is 1.88. The third kappa shape index (κ3) is 1.92. The molecule has 16 heavy (non-hydrogen) atoms. The van der Waals surface area contributed by atoms with Crippen LogP contribution in [-0.4, -0.2) is 15.1 Å². The van der Waals surface area contributed by atoms with Crippen LogP contribution in [-0.2, 0) is 5.60 Å². The summed E-state index contributed by atoms with van der Waals surface area (Å²) in [5.41, 5.74) is 0.0779. The molecule has 1 atom stereocenters. The first kappa shape index (κ1) is 11.0. The Labute approximate surface area is 98.8 Å². The zero-order valence-electron chi connectivity index (χ0n) is 8.76. The Morgan fingerprint density at radius 3 is 2.44 bits per heavy atom. The summed E-state index contributed by atoms with van der Waals surface area (Å²) in [5.74, 6) is 0. The zero-order chi connectivity index (χ0) is 11.6. The minimum atomic E-state index is -1.18. The quantitative estimate of drug-likeness (QED) is 0.868. The maximum Gasteiger partial charge on any atom is 0.116 e. The van der Waals surface area contributed by atoms with Gasteiger partial charge in [0, 0.05) is 28.5 Å². The number of benzene rings is 1. The van der Waals surface area contributed by atoms with Gasteiger partial charge in [0.1, 0.15) is 11.9 Å². The van der Waals surface area contributed by atoms with Gasteiger partial charge in [-0.15, -0.1) is 0 Å². The first-order chi connectivity index (χ1) is 7.62. The zero-order valence-corrected chi connectivity index (χ0v) is 9.52. The van der Waals surface area contributed by atoms with Crippen molar-refractivity contribution in [3.8, 4) is 0 Å². The Morgan fingerprint density at radius 1 is 1.19 bits per heavy atom. The average Bonchev–Trinajstić information content (AvgIpc) is 2.30. The lowest BCUT2D eigenvalue weighted by Crippen LogP contribution is -2.23. The fourth-order valence-electron chi connectivity index (χ4n) is 1.56. The molecule has 0 aliphatic heterocycles. The molecule has 1 aromatic carbocycles. The van der Waals surface area contributed by atoms with Gasteiger partial charge in [0.25, 0.3) is 0 Å². The van der Waals surface area contributed by atoms with E-state index in [1.54, 1.807) is 31.5 Å². The van der Waals surface area contributed by atoms with Crippen molar-refractivity contribution >= 4 is 11.6 Å².